The fourth-order valence-corrected chi connectivity index (χ4v) is 3.10. The van der Waals surface area contributed by atoms with E-state index in [4.69, 9.17) is 6.85 Å². The summed E-state index contributed by atoms with van der Waals surface area (Å²) in [7, 11) is 0. The quantitative estimate of drug-likeness (QED) is 0.178. The highest BCUT2D eigenvalue weighted by Crippen LogP contribution is 2.14. The molecule has 0 unspecified atom stereocenters. The highest BCUT2D eigenvalue weighted by Gasteiger charge is 2.00. The normalized spacial score (nSPS) is 15.1. The van der Waals surface area contributed by atoms with Crippen molar-refractivity contribution in [1.29, 1.82) is 0 Å². The molecule has 24 heavy (non-hydrogen) atoms. The number of carbonyl (C=O) groups excluding carboxylic acids is 1. The van der Waals surface area contributed by atoms with Crippen LogP contribution in [-0.2, 0) is 9.53 Å². The van der Waals surface area contributed by atoms with Crippen LogP contribution in [0.1, 0.15) is 136 Å². The Morgan fingerprint density at radius 2 is 1.08 bits per heavy atom. The van der Waals surface area contributed by atoms with Gasteiger partial charge in [-0.2, -0.15) is 0 Å². The van der Waals surface area contributed by atoms with E-state index in [2.05, 4.69) is 11.7 Å². The Hall–Kier alpha value is -0.530. The summed E-state index contributed by atoms with van der Waals surface area (Å²) in [5, 5.41) is 0. The number of ether oxygens (including phenoxy) is 1. The van der Waals surface area contributed by atoms with Gasteiger partial charge in [-0.25, -0.2) is 0 Å². The lowest BCUT2D eigenvalue weighted by molar-refractivity contribution is -0.143. The maximum atomic E-state index is 11.6. The average Bonchev–Trinajstić information content (AvgIpc) is 2.63. The topological polar surface area (TPSA) is 26.3 Å². The Morgan fingerprint density at radius 3 is 1.46 bits per heavy atom. The molecule has 0 bridgehead atoms. The molecule has 144 valence electrons. The molecule has 0 atom stereocenters. The zero-order valence-electron chi connectivity index (χ0n) is 21.0. The summed E-state index contributed by atoms with van der Waals surface area (Å²) in [5.74, 6) is -0.771. The molecule has 2 nitrogen and oxygen atoms in total. The second-order valence-corrected chi connectivity index (χ2v) is 6.98. The molecule has 0 saturated heterocycles. The molecule has 0 amide bonds. The molecule has 2 heteroatoms. The average molecular weight is 346 g/mol. The first kappa shape index (κ1) is 15.7. The zero-order chi connectivity index (χ0) is 22.0. The van der Waals surface area contributed by atoms with Gasteiger partial charge in [-0.15, -0.1) is 0 Å². The lowest BCUT2D eigenvalue weighted by Gasteiger charge is -2.04. The lowest BCUT2D eigenvalue weighted by atomic mass is 10.0. The van der Waals surface area contributed by atoms with E-state index < -0.39 is 19.4 Å². The molecule has 0 spiro atoms. The molecule has 0 N–H and O–H groups in total. The van der Waals surface area contributed by atoms with Crippen LogP contribution in [-0.4, -0.2) is 12.5 Å². The van der Waals surface area contributed by atoms with Gasteiger partial charge in [0.15, 0.2) is 0 Å². The minimum absolute atomic E-state index is 0.0776. The van der Waals surface area contributed by atoms with E-state index in [9.17, 15) is 4.79 Å². The number of hydrogen-bond donors (Lipinski definition) is 0. The van der Waals surface area contributed by atoms with Crippen molar-refractivity contribution in [2.24, 2.45) is 0 Å². The van der Waals surface area contributed by atoms with Gasteiger partial charge in [-0.05, 0) is 13.3 Å². The number of unbranched alkanes of at least 4 members (excludes halogenated alkanes) is 16. The largest absolute Gasteiger partial charge is 0.466 e. The van der Waals surface area contributed by atoms with Crippen molar-refractivity contribution in [2.45, 2.75) is 129 Å². The first-order valence-corrected chi connectivity index (χ1v) is 10.4. The Kier molecular flexibility index (Phi) is 13.4. The molecular formula is C22H44O2. The molecule has 0 heterocycles. The molecular weight excluding hydrogens is 296 g/mol. The van der Waals surface area contributed by atoms with Crippen molar-refractivity contribution < 1.29 is 16.4 Å². The summed E-state index contributed by atoms with van der Waals surface area (Å²) in [4.78, 5) is 11.6. The lowest BCUT2D eigenvalue weighted by Crippen LogP contribution is -2.03. The van der Waals surface area contributed by atoms with Crippen molar-refractivity contribution in [2.75, 3.05) is 6.56 Å². The van der Waals surface area contributed by atoms with Gasteiger partial charge in [0.1, 0.15) is 0 Å². The highest BCUT2D eigenvalue weighted by atomic mass is 16.5. The molecule has 0 saturated carbocycles. The van der Waals surface area contributed by atoms with Crippen molar-refractivity contribution in [3.63, 3.8) is 0 Å². The third-order valence-electron chi connectivity index (χ3n) is 4.65. The molecule has 0 aliphatic heterocycles. The zero-order valence-corrected chi connectivity index (χ0v) is 16.0. The van der Waals surface area contributed by atoms with E-state index in [1.807, 2.05) is 0 Å². The van der Waals surface area contributed by atoms with E-state index >= 15 is 0 Å². The maximum Gasteiger partial charge on any atom is 0.305 e. The van der Waals surface area contributed by atoms with E-state index in [0.29, 0.717) is 6.42 Å². The Bertz CT molecular complexity index is 397. The van der Waals surface area contributed by atoms with Gasteiger partial charge in [-0.3, -0.25) is 4.79 Å². The molecule has 0 aromatic heterocycles. The first-order valence-electron chi connectivity index (χ1n) is 12.9. The third kappa shape index (κ3) is 19.5. The standard InChI is InChI=1S/C22H44O2/c1-3-5-6-7-8-9-10-11-12-13-14-15-16-17-18-19-20-21-22(23)24-4-2/h3-21H2,1-2H3/i2D3,4D2. The molecule has 0 radical (unpaired) electrons. The number of carbonyl (C=O) groups is 1. The second kappa shape index (κ2) is 20.5. The molecule has 0 rings (SSSR count). The van der Waals surface area contributed by atoms with E-state index in [0.717, 1.165) is 19.3 Å². The fourth-order valence-electron chi connectivity index (χ4n) is 3.10. The maximum absolute atomic E-state index is 11.6. The van der Waals surface area contributed by atoms with Crippen LogP contribution in [0.2, 0.25) is 0 Å². The van der Waals surface area contributed by atoms with Crippen molar-refractivity contribution in [3.8, 4) is 0 Å². The van der Waals surface area contributed by atoms with Crippen LogP contribution in [0.3, 0.4) is 0 Å². The monoisotopic (exact) mass is 345 g/mol. The van der Waals surface area contributed by atoms with Gasteiger partial charge >= 0.3 is 5.97 Å². The summed E-state index contributed by atoms with van der Waals surface area (Å²) in [6.45, 7) is -3.59. The number of hydrogen-bond acceptors (Lipinski definition) is 2. The fraction of sp³-hybridized carbons (Fsp3) is 0.955. The Labute approximate surface area is 159 Å². The Morgan fingerprint density at radius 1 is 0.708 bits per heavy atom. The van der Waals surface area contributed by atoms with Gasteiger partial charge in [0.25, 0.3) is 0 Å². The third-order valence-corrected chi connectivity index (χ3v) is 4.65. The smallest absolute Gasteiger partial charge is 0.305 e. The molecule has 0 fully saturated rings. The van der Waals surface area contributed by atoms with Crippen molar-refractivity contribution in [3.05, 3.63) is 0 Å². The van der Waals surface area contributed by atoms with E-state index in [-0.39, 0.29) is 6.42 Å². The number of rotatable bonds is 19. The van der Waals surface area contributed by atoms with Crippen molar-refractivity contribution >= 4 is 5.97 Å². The molecule has 0 aliphatic carbocycles. The van der Waals surface area contributed by atoms with Gasteiger partial charge in [0.2, 0.25) is 0 Å². The molecule has 0 aliphatic rings. The summed E-state index contributed by atoms with van der Waals surface area (Å²) >= 11 is 0. The molecule has 0 aromatic rings. The highest BCUT2D eigenvalue weighted by molar-refractivity contribution is 5.69. The molecule has 0 aromatic carbocycles. The van der Waals surface area contributed by atoms with Crippen LogP contribution in [0, 0.1) is 0 Å². The summed E-state index contributed by atoms with van der Waals surface area (Å²) in [6.07, 6.45) is 21.4. The number of esters is 1. The SMILES string of the molecule is [2H]C([2H])([2H])C([2H])([2H])OC(=O)CCCCCCCCCCCCCCCCCCC. The second-order valence-electron chi connectivity index (χ2n) is 6.98. The van der Waals surface area contributed by atoms with Crippen LogP contribution in [0.5, 0.6) is 0 Å². The summed E-state index contributed by atoms with van der Waals surface area (Å²) in [6, 6.07) is 0. The van der Waals surface area contributed by atoms with Crippen molar-refractivity contribution in [1.82, 2.24) is 0 Å². The van der Waals surface area contributed by atoms with Gasteiger partial charge < -0.3 is 4.74 Å². The van der Waals surface area contributed by atoms with Crippen LogP contribution >= 0.6 is 0 Å². The van der Waals surface area contributed by atoms with Gasteiger partial charge in [-0.1, -0.05) is 110 Å². The van der Waals surface area contributed by atoms with Crippen LogP contribution in [0.25, 0.3) is 0 Å². The van der Waals surface area contributed by atoms with Crippen LogP contribution in [0.4, 0.5) is 0 Å². The minimum atomic E-state index is -2.95. The first-order chi connectivity index (χ1) is 13.7. The summed E-state index contributed by atoms with van der Waals surface area (Å²) in [5.41, 5.74) is 0. The van der Waals surface area contributed by atoms with Crippen LogP contribution in [0.15, 0.2) is 0 Å². The van der Waals surface area contributed by atoms with E-state index in [1.54, 1.807) is 0 Å². The minimum Gasteiger partial charge on any atom is -0.466 e. The summed E-state index contributed by atoms with van der Waals surface area (Å²) < 4.78 is 40.1. The van der Waals surface area contributed by atoms with Gasteiger partial charge in [0.05, 0.1) is 9.30 Å². The van der Waals surface area contributed by atoms with E-state index in [1.165, 1.54) is 83.5 Å². The van der Waals surface area contributed by atoms with Crippen LogP contribution < -0.4 is 0 Å². The Balaban J connectivity index is 3.33. The predicted molar refractivity (Wildman–Crippen MR) is 105 cm³/mol. The predicted octanol–water partition coefficient (Wildman–Crippen LogP) is 7.59. The van der Waals surface area contributed by atoms with Gasteiger partial charge in [0, 0.05) is 10.5 Å².